The third kappa shape index (κ3) is 5.51. The standard InChI is InChI=1S/C19H19Cl2N3O2/c1-3-9-24(10-4-2)18(25)13-22-16-7-5-6-8-17(16)26-19-15(21)11-14(20)12-23-19/h3-8,11-12,22H,1-2,9-10,13H2. The van der Waals surface area contributed by atoms with Crippen LogP contribution in [0.15, 0.2) is 61.8 Å². The molecule has 0 bridgehead atoms. The molecule has 7 heteroatoms. The van der Waals surface area contributed by atoms with E-state index >= 15 is 0 Å². The zero-order valence-corrected chi connectivity index (χ0v) is 15.6. The molecule has 5 nitrogen and oxygen atoms in total. The highest BCUT2D eigenvalue weighted by molar-refractivity contribution is 6.35. The molecule has 1 aromatic carbocycles. The van der Waals surface area contributed by atoms with E-state index in [1.165, 1.54) is 6.20 Å². The largest absolute Gasteiger partial charge is 0.435 e. The van der Waals surface area contributed by atoms with Crippen LogP contribution in [0.4, 0.5) is 5.69 Å². The lowest BCUT2D eigenvalue weighted by atomic mass is 10.3. The van der Waals surface area contributed by atoms with Gasteiger partial charge in [0, 0.05) is 19.3 Å². The lowest BCUT2D eigenvalue weighted by Crippen LogP contribution is -2.35. The number of nitrogens with one attached hydrogen (secondary N) is 1. The van der Waals surface area contributed by atoms with Crippen molar-refractivity contribution in [2.75, 3.05) is 25.0 Å². The Morgan fingerprint density at radius 3 is 2.58 bits per heavy atom. The van der Waals surface area contributed by atoms with Gasteiger partial charge in [0.2, 0.25) is 11.8 Å². The number of para-hydroxylation sites is 2. The van der Waals surface area contributed by atoms with E-state index in [1.807, 2.05) is 12.1 Å². The molecule has 0 fully saturated rings. The van der Waals surface area contributed by atoms with Crippen molar-refractivity contribution in [1.29, 1.82) is 0 Å². The quantitative estimate of drug-likeness (QED) is 0.624. The molecule has 136 valence electrons. The second kappa shape index (κ2) is 9.85. The van der Waals surface area contributed by atoms with E-state index in [0.717, 1.165) is 0 Å². The first-order chi connectivity index (χ1) is 12.5. The van der Waals surface area contributed by atoms with Crippen molar-refractivity contribution in [3.8, 4) is 11.6 Å². The van der Waals surface area contributed by atoms with E-state index in [-0.39, 0.29) is 18.3 Å². The average Bonchev–Trinajstić information content (AvgIpc) is 2.63. The van der Waals surface area contributed by atoms with Crippen LogP contribution in [0.2, 0.25) is 10.0 Å². The van der Waals surface area contributed by atoms with Crippen molar-refractivity contribution in [3.05, 3.63) is 71.9 Å². The first-order valence-electron chi connectivity index (χ1n) is 7.86. The molecule has 1 heterocycles. The van der Waals surface area contributed by atoms with Crippen molar-refractivity contribution in [1.82, 2.24) is 9.88 Å². The van der Waals surface area contributed by atoms with E-state index in [0.29, 0.717) is 34.6 Å². The number of ether oxygens (including phenoxy) is 1. The van der Waals surface area contributed by atoms with Crippen molar-refractivity contribution < 1.29 is 9.53 Å². The Balaban J connectivity index is 2.10. The summed E-state index contributed by atoms with van der Waals surface area (Å²) < 4.78 is 5.76. The monoisotopic (exact) mass is 391 g/mol. The summed E-state index contributed by atoms with van der Waals surface area (Å²) in [6.07, 6.45) is 4.80. The molecule has 2 rings (SSSR count). The Hall–Kier alpha value is -2.50. The number of pyridine rings is 1. The number of carbonyl (C=O) groups is 1. The zero-order chi connectivity index (χ0) is 18.9. The molecule has 1 aromatic heterocycles. The second-order valence-electron chi connectivity index (χ2n) is 5.27. The Kier molecular flexibility index (Phi) is 7.51. The molecule has 0 atom stereocenters. The lowest BCUT2D eigenvalue weighted by Gasteiger charge is -2.20. The van der Waals surface area contributed by atoms with Gasteiger partial charge >= 0.3 is 0 Å². The molecular formula is C19H19Cl2N3O2. The Bertz CT molecular complexity index is 786. The fourth-order valence-corrected chi connectivity index (χ4v) is 2.57. The predicted octanol–water partition coefficient (Wildman–Crippen LogP) is 4.79. The highest BCUT2D eigenvalue weighted by Gasteiger charge is 2.13. The highest BCUT2D eigenvalue weighted by Crippen LogP contribution is 2.33. The van der Waals surface area contributed by atoms with Gasteiger partial charge in [0.25, 0.3) is 0 Å². The van der Waals surface area contributed by atoms with E-state index < -0.39 is 0 Å². The molecule has 0 saturated heterocycles. The first-order valence-corrected chi connectivity index (χ1v) is 8.62. The molecule has 1 amide bonds. The Morgan fingerprint density at radius 2 is 1.92 bits per heavy atom. The number of amides is 1. The van der Waals surface area contributed by atoms with Gasteiger partial charge in [-0.2, -0.15) is 0 Å². The molecule has 0 radical (unpaired) electrons. The van der Waals surface area contributed by atoms with E-state index in [9.17, 15) is 4.79 Å². The molecule has 0 unspecified atom stereocenters. The summed E-state index contributed by atoms with van der Waals surface area (Å²) in [7, 11) is 0. The van der Waals surface area contributed by atoms with Crippen LogP contribution < -0.4 is 10.1 Å². The van der Waals surface area contributed by atoms with Gasteiger partial charge in [-0.1, -0.05) is 47.5 Å². The summed E-state index contributed by atoms with van der Waals surface area (Å²) in [5.74, 6) is 0.648. The molecule has 0 aliphatic rings. The summed E-state index contributed by atoms with van der Waals surface area (Å²) in [6, 6.07) is 8.76. The summed E-state index contributed by atoms with van der Waals surface area (Å²) in [6.45, 7) is 8.33. The number of benzene rings is 1. The van der Waals surface area contributed by atoms with Crippen LogP contribution in [0, 0.1) is 0 Å². The van der Waals surface area contributed by atoms with Crippen LogP contribution >= 0.6 is 23.2 Å². The maximum Gasteiger partial charge on any atom is 0.242 e. The topological polar surface area (TPSA) is 54.5 Å². The predicted molar refractivity (Wildman–Crippen MR) is 106 cm³/mol. The summed E-state index contributed by atoms with van der Waals surface area (Å²) in [5.41, 5.74) is 0.644. The van der Waals surface area contributed by atoms with Crippen molar-refractivity contribution in [3.63, 3.8) is 0 Å². The molecule has 2 aromatic rings. The summed E-state index contributed by atoms with van der Waals surface area (Å²) in [5, 5.41) is 3.80. The maximum absolute atomic E-state index is 12.3. The molecule has 26 heavy (non-hydrogen) atoms. The summed E-state index contributed by atoms with van der Waals surface area (Å²) in [4.78, 5) is 18.0. The SMILES string of the molecule is C=CCN(CC=C)C(=O)CNc1ccccc1Oc1ncc(Cl)cc1Cl. The fraction of sp³-hybridized carbons (Fsp3) is 0.158. The van der Waals surface area contributed by atoms with Gasteiger partial charge in [-0.25, -0.2) is 4.98 Å². The fourth-order valence-electron chi connectivity index (χ4n) is 2.16. The van der Waals surface area contributed by atoms with Crippen molar-refractivity contribution >= 4 is 34.8 Å². The highest BCUT2D eigenvalue weighted by atomic mass is 35.5. The zero-order valence-electron chi connectivity index (χ0n) is 14.1. The Morgan fingerprint density at radius 1 is 1.23 bits per heavy atom. The normalized spacial score (nSPS) is 10.1. The number of aromatic nitrogens is 1. The van der Waals surface area contributed by atoms with Gasteiger partial charge in [-0.15, -0.1) is 13.2 Å². The molecule has 0 spiro atoms. The third-order valence-electron chi connectivity index (χ3n) is 3.35. The van der Waals surface area contributed by atoms with Crippen LogP contribution in [0.1, 0.15) is 0 Å². The van der Waals surface area contributed by atoms with Crippen LogP contribution in [-0.2, 0) is 4.79 Å². The van der Waals surface area contributed by atoms with Crippen LogP contribution in [0.5, 0.6) is 11.6 Å². The van der Waals surface area contributed by atoms with Crippen LogP contribution in [0.3, 0.4) is 0 Å². The van der Waals surface area contributed by atoms with E-state index in [1.54, 1.807) is 35.3 Å². The van der Waals surface area contributed by atoms with Gasteiger partial charge in [-0.05, 0) is 18.2 Å². The number of hydrogen-bond acceptors (Lipinski definition) is 4. The first kappa shape index (κ1) is 19.8. The van der Waals surface area contributed by atoms with Crippen molar-refractivity contribution in [2.24, 2.45) is 0 Å². The second-order valence-corrected chi connectivity index (χ2v) is 6.11. The minimum Gasteiger partial charge on any atom is -0.435 e. The third-order valence-corrected chi connectivity index (χ3v) is 3.83. The van der Waals surface area contributed by atoms with Gasteiger partial charge < -0.3 is 15.0 Å². The van der Waals surface area contributed by atoms with E-state index in [2.05, 4.69) is 23.5 Å². The Labute approximate surface area is 162 Å². The minimum absolute atomic E-state index is 0.0812. The number of anilines is 1. The number of carbonyl (C=O) groups excluding carboxylic acids is 1. The van der Waals surface area contributed by atoms with Crippen molar-refractivity contribution in [2.45, 2.75) is 0 Å². The number of rotatable bonds is 9. The molecule has 0 aliphatic carbocycles. The van der Waals surface area contributed by atoms with Crippen LogP contribution in [0.25, 0.3) is 0 Å². The van der Waals surface area contributed by atoms with Gasteiger partial charge in [0.15, 0.2) is 5.75 Å². The van der Waals surface area contributed by atoms with Gasteiger partial charge in [-0.3, -0.25) is 4.79 Å². The van der Waals surface area contributed by atoms with Gasteiger partial charge in [0.05, 0.1) is 17.3 Å². The average molecular weight is 392 g/mol. The summed E-state index contributed by atoms with van der Waals surface area (Å²) >= 11 is 11.9. The number of halogens is 2. The van der Waals surface area contributed by atoms with E-state index in [4.69, 9.17) is 27.9 Å². The molecular weight excluding hydrogens is 373 g/mol. The molecule has 0 saturated carbocycles. The number of nitrogens with zero attached hydrogens (tertiary/aromatic N) is 2. The minimum atomic E-state index is -0.0812. The number of hydrogen-bond donors (Lipinski definition) is 1. The van der Waals surface area contributed by atoms with Gasteiger partial charge in [0.1, 0.15) is 5.02 Å². The molecule has 1 N–H and O–H groups in total. The smallest absolute Gasteiger partial charge is 0.242 e. The molecule has 0 aliphatic heterocycles. The van der Waals surface area contributed by atoms with Crippen LogP contribution in [-0.4, -0.2) is 35.4 Å². The lowest BCUT2D eigenvalue weighted by molar-refractivity contribution is -0.128. The maximum atomic E-state index is 12.3.